The van der Waals surface area contributed by atoms with Crippen LogP contribution < -0.4 is 9.46 Å². The van der Waals surface area contributed by atoms with E-state index in [0.717, 1.165) is 11.1 Å². The molecule has 226 valence electrons. The fourth-order valence-electron chi connectivity index (χ4n) is 4.68. The second kappa shape index (κ2) is 12.4. The standard InChI is InChI=1S/C30H37N3O7S2/c1-20-6-11-25(12-7-20)41(36,37)31-24-10-15-28-27(16-24)30(35)33(23(4)19-34)17-22(3)29(40-28)18-32(5)42(38,39)26-13-8-21(2)9-14-26/h6-16,22-23,29,31,34H,17-19H2,1-5H3/t22-,23+,29+/m1/s1. The maximum Gasteiger partial charge on any atom is 0.261 e. The van der Waals surface area contributed by atoms with Crippen LogP contribution in [-0.2, 0) is 20.0 Å². The number of amides is 1. The molecule has 0 spiro atoms. The highest BCUT2D eigenvalue weighted by Gasteiger charge is 2.35. The SMILES string of the molecule is Cc1ccc(S(=O)(=O)Nc2ccc3c(c2)C(=O)N([C@@H](C)CO)C[C@@H](C)[C@H](CN(C)S(=O)(=O)c2ccc(C)cc2)O3)cc1. The summed E-state index contributed by atoms with van der Waals surface area (Å²) in [5.41, 5.74) is 2.11. The van der Waals surface area contributed by atoms with Gasteiger partial charge >= 0.3 is 0 Å². The Balaban J connectivity index is 1.68. The normalized spacial score (nSPS) is 18.5. The van der Waals surface area contributed by atoms with Crippen LogP contribution in [0.25, 0.3) is 0 Å². The Hall–Kier alpha value is -3.45. The fraction of sp³-hybridized carbons (Fsp3) is 0.367. The number of anilines is 1. The molecule has 0 radical (unpaired) electrons. The second-order valence-corrected chi connectivity index (χ2v) is 14.6. The van der Waals surface area contributed by atoms with Gasteiger partial charge in [0.25, 0.3) is 15.9 Å². The zero-order valence-corrected chi connectivity index (χ0v) is 25.9. The van der Waals surface area contributed by atoms with Crippen molar-refractivity contribution in [2.24, 2.45) is 5.92 Å². The predicted molar refractivity (Wildman–Crippen MR) is 161 cm³/mol. The third kappa shape index (κ3) is 6.78. The summed E-state index contributed by atoms with van der Waals surface area (Å²) in [6.45, 7) is 7.18. The third-order valence-electron chi connectivity index (χ3n) is 7.41. The molecule has 12 heteroatoms. The van der Waals surface area contributed by atoms with Gasteiger partial charge in [-0.3, -0.25) is 9.52 Å². The van der Waals surface area contributed by atoms with Crippen LogP contribution in [-0.4, -0.2) is 75.9 Å². The lowest BCUT2D eigenvalue weighted by atomic mass is 9.99. The monoisotopic (exact) mass is 615 g/mol. The van der Waals surface area contributed by atoms with Gasteiger partial charge < -0.3 is 14.7 Å². The summed E-state index contributed by atoms with van der Waals surface area (Å²) in [6, 6.07) is 16.8. The van der Waals surface area contributed by atoms with Gasteiger partial charge in [0.1, 0.15) is 11.9 Å². The molecule has 3 aromatic rings. The molecule has 3 atom stereocenters. The maximum absolute atomic E-state index is 13.7. The number of likely N-dealkylation sites (N-methyl/N-ethyl adjacent to an activating group) is 1. The van der Waals surface area contributed by atoms with Gasteiger partial charge in [-0.05, 0) is 63.2 Å². The van der Waals surface area contributed by atoms with Crippen molar-refractivity contribution in [1.82, 2.24) is 9.21 Å². The summed E-state index contributed by atoms with van der Waals surface area (Å²) in [7, 11) is -6.28. The van der Waals surface area contributed by atoms with Crippen molar-refractivity contribution in [3.63, 3.8) is 0 Å². The van der Waals surface area contributed by atoms with Crippen molar-refractivity contribution in [3.05, 3.63) is 83.4 Å². The number of benzene rings is 3. The molecule has 0 saturated heterocycles. The molecule has 0 bridgehead atoms. The molecular formula is C30H37N3O7S2. The molecule has 1 aliphatic heterocycles. The van der Waals surface area contributed by atoms with Crippen LogP contribution in [0.2, 0.25) is 0 Å². The van der Waals surface area contributed by atoms with Crippen molar-refractivity contribution in [3.8, 4) is 5.75 Å². The largest absolute Gasteiger partial charge is 0.488 e. The average Bonchev–Trinajstić information content (AvgIpc) is 2.95. The molecule has 0 saturated carbocycles. The zero-order valence-electron chi connectivity index (χ0n) is 24.3. The molecule has 0 aliphatic carbocycles. The number of aliphatic hydroxyl groups is 1. The van der Waals surface area contributed by atoms with E-state index >= 15 is 0 Å². The number of sulfonamides is 2. The molecule has 2 N–H and O–H groups in total. The predicted octanol–water partition coefficient (Wildman–Crippen LogP) is 3.65. The number of hydrogen-bond donors (Lipinski definition) is 2. The van der Waals surface area contributed by atoms with Crippen LogP contribution in [0, 0.1) is 19.8 Å². The Kier molecular flexibility index (Phi) is 9.31. The van der Waals surface area contributed by atoms with E-state index in [0.29, 0.717) is 0 Å². The number of rotatable bonds is 9. The van der Waals surface area contributed by atoms with E-state index in [1.807, 2.05) is 20.8 Å². The van der Waals surface area contributed by atoms with E-state index in [2.05, 4.69) is 4.72 Å². The van der Waals surface area contributed by atoms with Crippen molar-refractivity contribution >= 4 is 31.6 Å². The molecular weight excluding hydrogens is 578 g/mol. The molecule has 0 unspecified atom stereocenters. The van der Waals surface area contributed by atoms with Crippen molar-refractivity contribution in [2.45, 2.75) is 49.6 Å². The number of ether oxygens (including phenoxy) is 1. The number of hydrogen-bond acceptors (Lipinski definition) is 7. The van der Waals surface area contributed by atoms with Crippen molar-refractivity contribution in [2.75, 3.05) is 31.5 Å². The van der Waals surface area contributed by atoms with Crippen LogP contribution in [0.4, 0.5) is 5.69 Å². The van der Waals surface area contributed by atoms with Crippen LogP contribution in [0.15, 0.2) is 76.5 Å². The quantitative estimate of drug-likeness (QED) is 0.376. The average molecular weight is 616 g/mol. The number of carbonyl (C=O) groups excluding carboxylic acids is 1. The van der Waals surface area contributed by atoms with Gasteiger partial charge in [-0.25, -0.2) is 16.8 Å². The summed E-state index contributed by atoms with van der Waals surface area (Å²) >= 11 is 0. The smallest absolute Gasteiger partial charge is 0.261 e. The minimum Gasteiger partial charge on any atom is -0.488 e. The van der Waals surface area contributed by atoms with Gasteiger partial charge in [0.2, 0.25) is 10.0 Å². The molecule has 4 rings (SSSR count). The Labute approximate surface area is 248 Å². The molecule has 42 heavy (non-hydrogen) atoms. The maximum atomic E-state index is 13.7. The van der Waals surface area contributed by atoms with Gasteiger partial charge in [-0.15, -0.1) is 0 Å². The number of aryl methyl sites for hydroxylation is 2. The number of nitrogens with one attached hydrogen (secondary N) is 1. The Morgan fingerprint density at radius 3 is 2.12 bits per heavy atom. The Bertz CT molecular complexity index is 1640. The first kappa shape index (κ1) is 31.5. The van der Waals surface area contributed by atoms with E-state index < -0.39 is 38.1 Å². The summed E-state index contributed by atoms with van der Waals surface area (Å²) in [4.78, 5) is 15.5. The molecule has 1 aliphatic rings. The lowest BCUT2D eigenvalue weighted by Gasteiger charge is -2.38. The summed E-state index contributed by atoms with van der Waals surface area (Å²) in [6.07, 6.45) is -0.662. The highest BCUT2D eigenvalue weighted by atomic mass is 32.2. The lowest BCUT2D eigenvalue weighted by Crippen LogP contribution is -2.50. The number of carbonyl (C=O) groups is 1. The van der Waals surface area contributed by atoms with Gasteiger partial charge in [0.05, 0.1) is 34.5 Å². The van der Waals surface area contributed by atoms with Gasteiger partial charge in [0.15, 0.2) is 0 Å². The molecule has 1 amide bonds. The molecule has 3 aromatic carbocycles. The van der Waals surface area contributed by atoms with Crippen LogP contribution >= 0.6 is 0 Å². The van der Waals surface area contributed by atoms with Gasteiger partial charge in [0, 0.05) is 25.2 Å². The molecule has 10 nitrogen and oxygen atoms in total. The minimum absolute atomic E-state index is 0.00580. The highest BCUT2D eigenvalue weighted by Crippen LogP contribution is 2.32. The number of fused-ring (bicyclic) bond motifs is 1. The number of nitrogens with zero attached hydrogens (tertiary/aromatic N) is 2. The topological polar surface area (TPSA) is 133 Å². The third-order valence-corrected chi connectivity index (χ3v) is 10.6. The Morgan fingerprint density at radius 2 is 1.55 bits per heavy atom. The van der Waals surface area contributed by atoms with E-state index in [1.165, 1.54) is 46.6 Å². The van der Waals surface area contributed by atoms with E-state index in [9.17, 15) is 26.7 Å². The van der Waals surface area contributed by atoms with Crippen LogP contribution in [0.5, 0.6) is 5.75 Å². The molecule has 0 aromatic heterocycles. The summed E-state index contributed by atoms with van der Waals surface area (Å²) in [5.74, 6) is -0.563. The lowest BCUT2D eigenvalue weighted by molar-refractivity contribution is 0.0387. The summed E-state index contributed by atoms with van der Waals surface area (Å²) < 4.78 is 62.7. The summed E-state index contributed by atoms with van der Waals surface area (Å²) in [5, 5.41) is 9.91. The van der Waals surface area contributed by atoms with Gasteiger partial charge in [-0.2, -0.15) is 4.31 Å². The van der Waals surface area contributed by atoms with Crippen LogP contribution in [0.3, 0.4) is 0 Å². The minimum atomic E-state index is -3.93. The second-order valence-electron chi connectivity index (χ2n) is 10.9. The highest BCUT2D eigenvalue weighted by molar-refractivity contribution is 7.92. The zero-order chi connectivity index (χ0) is 30.8. The van der Waals surface area contributed by atoms with E-state index in [1.54, 1.807) is 43.3 Å². The van der Waals surface area contributed by atoms with Crippen molar-refractivity contribution in [1.29, 1.82) is 0 Å². The first-order valence-electron chi connectivity index (χ1n) is 13.6. The van der Waals surface area contributed by atoms with E-state index in [4.69, 9.17) is 4.74 Å². The molecule has 0 fully saturated rings. The van der Waals surface area contributed by atoms with Crippen molar-refractivity contribution < 1.29 is 31.5 Å². The first-order chi connectivity index (χ1) is 19.7. The van der Waals surface area contributed by atoms with Gasteiger partial charge in [-0.1, -0.05) is 42.3 Å². The Morgan fingerprint density at radius 1 is 0.976 bits per heavy atom. The fourth-order valence-corrected chi connectivity index (χ4v) is 6.91. The van der Waals surface area contributed by atoms with E-state index in [-0.39, 0.29) is 52.4 Å². The first-order valence-corrected chi connectivity index (χ1v) is 16.5. The van der Waals surface area contributed by atoms with Crippen LogP contribution in [0.1, 0.15) is 35.3 Å². The molecule has 1 heterocycles. The number of aliphatic hydroxyl groups excluding tert-OH is 1.